The van der Waals surface area contributed by atoms with Crippen LogP contribution in [0.1, 0.15) is 41.5 Å². The summed E-state index contributed by atoms with van der Waals surface area (Å²) in [6.07, 6.45) is -1.85. The van der Waals surface area contributed by atoms with Crippen molar-refractivity contribution >= 4 is 11.7 Å². The zero-order valence-electron chi connectivity index (χ0n) is 13.1. The molecule has 10 heteroatoms. The molecular formula is C14H16F3N5O2. The van der Waals surface area contributed by atoms with Crippen molar-refractivity contribution in [3.05, 3.63) is 28.9 Å². The summed E-state index contributed by atoms with van der Waals surface area (Å²) in [4.78, 5) is 12.0. The van der Waals surface area contributed by atoms with Crippen molar-refractivity contribution < 1.29 is 22.5 Å². The number of aromatic nitrogens is 3. The third kappa shape index (κ3) is 3.22. The number of nitrogens with one attached hydrogen (secondary N) is 2. The Morgan fingerprint density at radius 1 is 1.46 bits per heavy atom. The minimum Gasteiger partial charge on any atom is -0.359 e. The molecule has 3 rings (SSSR count). The van der Waals surface area contributed by atoms with Gasteiger partial charge < -0.3 is 15.2 Å². The summed E-state index contributed by atoms with van der Waals surface area (Å²) in [5.41, 5.74) is 0.0202. The minimum absolute atomic E-state index is 0.123. The molecule has 2 aromatic heterocycles. The van der Waals surface area contributed by atoms with Crippen LogP contribution in [-0.4, -0.2) is 21.0 Å². The molecule has 1 saturated carbocycles. The highest BCUT2D eigenvalue weighted by Gasteiger charge is 2.36. The summed E-state index contributed by atoms with van der Waals surface area (Å²) < 4.78 is 45.0. The van der Waals surface area contributed by atoms with Gasteiger partial charge in [0, 0.05) is 13.0 Å². The Morgan fingerprint density at radius 3 is 2.79 bits per heavy atom. The summed E-state index contributed by atoms with van der Waals surface area (Å²) in [7, 11) is 1.39. The van der Waals surface area contributed by atoms with Crippen molar-refractivity contribution in [1.29, 1.82) is 0 Å². The van der Waals surface area contributed by atoms with E-state index in [0.717, 1.165) is 23.7 Å². The molecule has 2 aromatic rings. The summed E-state index contributed by atoms with van der Waals surface area (Å²) in [5.74, 6) is 0.856. The fourth-order valence-electron chi connectivity index (χ4n) is 2.39. The van der Waals surface area contributed by atoms with Gasteiger partial charge in [-0.25, -0.2) is 4.79 Å². The maximum Gasteiger partial charge on any atom is 0.419 e. The zero-order chi connectivity index (χ0) is 17.5. The van der Waals surface area contributed by atoms with E-state index in [1.54, 1.807) is 6.92 Å². The summed E-state index contributed by atoms with van der Waals surface area (Å²) in [6.45, 7) is 1.38. The van der Waals surface area contributed by atoms with Crippen LogP contribution in [0.15, 0.2) is 10.7 Å². The van der Waals surface area contributed by atoms with E-state index >= 15 is 0 Å². The summed E-state index contributed by atoms with van der Waals surface area (Å²) >= 11 is 0. The standard InChI is InChI=1S/C14H16F3N5O2/c1-7-11(12(24-21-7)8-3-4-8)20-13(23)18-6-10-9(14(15,16)17)5-19-22(10)2/h5,8H,3-4,6H2,1-2H3,(H2,18,20,23). The Labute approximate surface area is 135 Å². The van der Waals surface area contributed by atoms with Gasteiger partial charge in [-0.15, -0.1) is 0 Å². The molecule has 2 N–H and O–H groups in total. The van der Waals surface area contributed by atoms with Crippen LogP contribution < -0.4 is 10.6 Å². The maximum absolute atomic E-state index is 12.9. The first kappa shape index (κ1) is 16.3. The average molecular weight is 343 g/mol. The first-order chi connectivity index (χ1) is 11.3. The van der Waals surface area contributed by atoms with Crippen LogP contribution in [0.4, 0.5) is 23.7 Å². The molecule has 1 fully saturated rings. The summed E-state index contributed by atoms with van der Waals surface area (Å²) in [5, 5.41) is 12.4. The molecular weight excluding hydrogens is 327 g/mol. The SMILES string of the molecule is Cc1noc(C2CC2)c1NC(=O)NCc1c(C(F)(F)F)cnn1C. The lowest BCUT2D eigenvalue weighted by molar-refractivity contribution is -0.138. The van der Waals surface area contributed by atoms with E-state index in [0.29, 0.717) is 17.1 Å². The number of amides is 2. The maximum atomic E-state index is 12.9. The van der Waals surface area contributed by atoms with Crippen molar-refractivity contribution in [2.45, 2.75) is 38.4 Å². The van der Waals surface area contributed by atoms with Crippen LogP contribution in [0.5, 0.6) is 0 Å². The lowest BCUT2D eigenvalue weighted by Gasteiger charge is -2.11. The summed E-state index contributed by atoms with van der Waals surface area (Å²) in [6, 6.07) is -0.627. The van der Waals surface area contributed by atoms with E-state index in [2.05, 4.69) is 20.9 Å². The van der Waals surface area contributed by atoms with Gasteiger partial charge in [-0.3, -0.25) is 4.68 Å². The Morgan fingerprint density at radius 2 is 2.17 bits per heavy atom. The molecule has 0 atom stereocenters. The van der Waals surface area contributed by atoms with Crippen molar-refractivity contribution in [1.82, 2.24) is 20.3 Å². The monoisotopic (exact) mass is 343 g/mol. The number of alkyl halides is 3. The number of nitrogens with zero attached hydrogens (tertiary/aromatic N) is 3. The predicted molar refractivity (Wildman–Crippen MR) is 77.3 cm³/mol. The number of halogens is 3. The van der Waals surface area contributed by atoms with Crippen molar-refractivity contribution in [2.24, 2.45) is 7.05 Å². The molecule has 0 saturated heterocycles. The molecule has 0 aliphatic heterocycles. The zero-order valence-corrected chi connectivity index (χ0v) is 13.1. The lowest BCUT2D eigenvalue weighted by Crippen LogP contribution is -2.30. The van der Waals surface area contributed by atoms with Crippen molar-refractivity contribution in [2.75, 3.05) is 5.32 Å². The number of rotatable bonds is 4. The van der Waals surface area contributed by atoms with Gasteiger partial charge in [-0.1, -0.05) is 5.16 Å². The van der Waals surface area contributed by atoms with Gasteiger partial charge in [0.05, 0.1) is 24.0 Å². The Bertz CT molecular complexity index is 761. The van der Waals surface area contributed by atoms with Crippen LogP contribution in [0, 0.1) is 6.92 Å². The highest BCUT2D eigenvalue weighted by molar-refractivity contribution is 5.90. The van der Waals surface area contributed by atoms with E-state index in [9.17, 15) is 18.0 Å². The molecule has 130 valence electrons. The predicted octanol–water partition coefficient (Wildman–Crippen LogP) is 2.93. The third-order valence-corrected chi connectivity index (χ3v) is 3.86. The van der Waals surface area contributed by atoms with Gasteiger partial charge in [-0.2, -0.15) is 18.3 Å². The average Bonchev–Trinajstić information content (AvgIpc) is 3.17. The number of urea groups is 1. The number of carbonyl (C=O) groups is 1. The quantitative estimate of drug-likeness (QED) is 0.894. The molecule has 0 unspecified atom stereocenters. The van der Waals surface area contributed by atoms with Gasteiger partial charge in [0.2, 0.25) is 0 Å². The molecule has 7 nitrogen and oxygen atoms in total. The number of hydrogen-bond acceptors (Lipinski definition) is 4. The van der Waals surface area contributed by atoms with Crippen LogP contribution >= 0.6 is 0 Å². The van der Waals surface area contributed by atoms with Gasteiger partial charge in [0.15, 0.2) is 5.76 Å². The molecule has 2 heterocycles. The van der Waals surface area contributed by atoms with Crippen LogP contribution in [0.3, 0.4) is 0 Å². The first-order valence-corrected chi connectivity index (χ1v) is 7.36. The Kier molecular flexibility index (Phi) is 3.98. The van der Waals surface area contributed by atoms with Crippen molar-refractivity contribution in [3.8, 4) is 0 Å². The van der Waals surface area contributed by atoms with Gasteiger partial charge in [-0.05, 0) is 19.8 Å². The second-order valence-corrected chi connectivity index (χ2v) is 5.72. The fraction of sp³-hybridized carbons (Fsp3) is 0.500. The molecule has 1 aliphatic rings. The fourth-order valence-corrected chi connectivity index (χ4v) is 2.39. The molecule has 0 radical (unpaired) electrons. The second-order valence-electron chi connectivity index (χ2n) is 5.72. The normalized spacial score (nSPS) is 14.7. The largest absolute Gasteiger partial charge is 0.419 e. The topological polar surface area (TPSA) is 85.0 Å². The highest BCUT2D eigenvalue weighted by atomic mass is 19.4. The molecule has 24 heavy (non-hydrogen) atoms. The van der Waals surface area contributed by atoms with E-state index in [1.165, 1.54) is 7.05 Å². The lowest BCUT2D eigenvalue weighted by atomic mass is 10.2. The molecule has 1 aliphatic carbocycles. The molecule has 0 bridgehead atoms. The minimum atomic E-state index is -4.52. The number of anilines is 1. The van der Waals surface area contributed by atoms with Crippen LogP contribution in [0.25, 0.3) is 0 Å². The van der Waals surface area contributed by atoms with E-state index in [-0.39, 0.29) is 18.2 Å². The van der Waals surface area contributed by atoms with Crippen LogP contribution in [-0.2, 0) is 19.8 Å². The van der Waals surface area contributed by atoms with Crippen molar-refractivity contribution in [3.63, 3.8) is 0 Å². The Hall–Kier alpha value is -2.52. The third-order valence-electron chi connectivity index (χ3n) is 3.86. The van der Waals surface area contributed by atoms with Gasteiger partial charge in [0.25, 0.3) is 0 Å². The molecule has 0 aromatic carbocycles. The van der Waals surface area contributed by atoms with E-state index < -0.39 is 17.8 Å². The second kappa shape index (κ2) is 5.84. The smallest absolute Gasteiger partial charge is 0.359 e. The van der Waals surface area contributed by atoms with E-state index in [4.69, 9.17) is 4.52 Å². The first-order valence-electron chi connectivity index (χ1n) is 7.36. The number of hydrogen-bond donors (Lipinski definition) is 2. The highest BCUT2D eigenvalue weighted by Crippen LogP contribution is 2.44. The van der Waals surface area contributed by atoms with E-state index in [1.807, 2.05) is 0 Å². The number of aryl methyl sites for hydroxylation is 2. The molecule has 2 amide bonds. The van der Waals surface area contributed by atoms with Crippen LogP contribution in [0.2, 0.25) is 0 Å². The van der Waals surface area contributed by atoms with Gasteiger partial charge in [0.1, 0.15) is 11.4 Å². The Balaban J connectivity index is 1.67. The van der Waals surface area contributed by atoms with Gasteiger partial charge >= 0.3 is 12.2 Å². The molecule has 0 spiro atoms. The number of carbonyl (C=O) groups excluding carboxylic acids is 1.